The van der Waals surface area contributed by atoms with Gasteiger partial charge in [-0.2, -0.15) is 9.78 Å². The molecule has 13 nitrogen and oxygen atoms in total. The summed E-state index contributed by atoms with van der Waals surface area (Å²) in [5.74, 6) is 0.636. The number of amides is 1. The first kappa shape index (κ1) is 23.5. The zero-order chi connectivity index (χ0) is 24.9. The van der Waals surface area contributed by atoms with Gasteiger partial charge >= 0.3 is 0 Å². The summed E-state index contributed by atoms with van der Waals surface area (Å²) in [6, 6.07) is 10.2. The highest BCUT2D eigenvalue weighted by atomic mass is 35.5. The summed E-state index contributed by atoms with van der Waals surface area (Å²) < 4.78 is 21.8. The van der Waals surface area contributed by atoms with Crippen LogP contribution in [0.2, 0.25) is 5.02 Å². The Morgan fingerprint density at radius 3 is 2.46 bits per heavy atom. The van der Waals surface area contributed by atoms with E-state index in [1.54, 1.807) is 36.4 Å². The molecular formula is C21H19ClN8O5. The maximum Gasteiger partial charge on any atom is 0.294 e. The molecule has 14 heteroatoms. The standard InChI is InChI=1S/C21H19ClN8O5/c1-32-14-8-11(9-15(33-2)18(14)34-3)10-24-26-21(31)16-17(12-6-4-5-7-13(12)22)30(29-25-16)20-19(23)27-35-28-20/h4-10H,1-3H3,(H2,23,27)(H,26,31). The lowest BCUT2D eigenvalue weighted by atomic mass is 10.1. The quantitative estimate of drug-likeness (QED) is 0.272. The van der Waals surface area contributed by atoms with Crippen molar-refractivity contribution < 1.29 is 23.6 Å². The number of benzene rings is 2. The maximum atomic E-state index is 13.0. The van der Waals surface area contributed by atoms with E-state index < -0.39 is 5.91 Å². The van der Waals surface area contributed by atoms with Crippen LogP contribution in [0.1, 0.15) is 16.1 Å². The number of rotatable bonds is 8. The van der Waals surface area contributed by atoms with E-state index in [2.05, 4.69) is 35.8 Å². The summed E-state index contributed by atoms with van der Waals surface area (Å²) in [6.07, 6.45) is 1.40. The zero-order valence-corrected chi connectivity index (χ0v) is 19.5. The molecule has 0 radical (unpaired) electrons. The second-order valence-corrected chi connectivity index (χ2v) is 7.22. The maximum absolute atomic E-state index is 13.0. The monoisotopic (exact) mass is 498 g/mol. The third-order valence-electron chi connectivity index (χ3n) is 4.78. The van der Waals surface area contributed by atoms with Crippen LogP contribution in [0, 0.1) is 0 Å². The number of hydrogen-bond acceptors (Lipinski definition) is 11. The van der Waals surface area contributed by atoms with Gasteiger partial charge in [-0.05, 0) is 28.5 Å². The molecule has 0 fully saturated rings. The molecule has 0 saturated carbocycles. The first-order chi connectivity index (χ1) is 17.0. The molecule has 2 aromatic carbocycles. The Hall–Kier alpha value is -4.65. The van der Waals surface area contributed by atoms with Crippen molar-refractivity contribution in [2.75, 3.05) is 27.1 Å². The molecule has 3 N–H and O–H groups in total. The van der Waals surface area contributed by atoms with E-state index in [0.717, 1.165) is 0 Å². The lowest BCUT2D eigenvalue weighted by molar-refractivity contribution is 0.0950. The normalized spacial score (nSPS) is 11.0. The Morgan fingerprint density at radius 2 is 1.86 bits per heavy atom. The highest BCUT2D eigenvalue weighted by Crippen LogP contribution is 2.37. The molecule has 0 unspecified atom stereocenters. The van der Waals surface area contributed by atoms with E-state index in [9.17, 15) is 4.79 Å². The van der Waals surface area contributed by atoms with Crippen molar-refractivity contribution in [2.45, 2.75) is 0 Å². The lowest BCUT2D eigenvalue weighted by Gasteiger charge is -2.12. The number of carbonyl (C=O) groups is 1. The fraction of sp³-hybridized carbons (Fsp3) is 0.143. The molecule has 4 rings (SSSR count). The van der Waals surface area contributed by atoms with E-state index >= 15 is 0 Å². The Labute approximate surface area is 203 Å². The topological polar surface area (TPSA) is 165 Å². The van der Waals surface area contributed by atoms with Gasteiger partial charge in [-0.25, -0.2) is 10.1 Å². The van der Waals surface area contributed by atoms with Crippen molar-refractivity contribution in [1.29, 1.82) is 0 Å². The summed E-state index contributed by atoms with van der Waals surface area (Å²) in [7, 11) is 4.49. The fourth-order valence-corrected chi connectivity index (χ4v) is 3.44. The molecule has 2 heterocycles. The largest absolute Gasteiger partial charge is 0.493 e. The van der Waals surface area contributed by atoms with Gasteiger partial charge in [0.25, 0.3) is 5.91 Å². The number of nitrogens with zero attached hydrogens (tertiary/aromatic N) is 6. The van der Waals surface area contributed by atoms with Crippen LogP contribution < -0.4 is 25.4 Å². The van der Waals surface area contributed by atoms with Crippen LogP contribution >= 0.6 is 11.6 Å². The third-order valence-corrected chi connectivity index (χ3v) is 5.11. The number of ether oxygens (including phenoxy) is 3. The minimum absolute atomic E-state index is 0.0458. The molecule has 0 bridgehead atoms. The number of aromatic nitrogens is 5. The molecule has 35 heavy (non-hydrogen) atoms. The minimum atomic E-state index is -0.662. The summed E-state index contributed by atoms with van der Waals surface area (Å²) in [5, 5.41) is 19.6. The van der Waals surface area contributed by atoms with Crippen LogP contribution in [0.5, 0.6) is 17.2 Å². The van der Waals surface area contributed by atoms with Crippen molar-refractivity contribution in [3.8, 4) is 34.3 Å². The van der Waals surface area contributed by atoms with Crippen LogP contribution in [0.15, 0.2) is 46.1 Å². The lowest BCUT2D eigenvalue weighted by Crippen LogP contribution is -2.19. The Bertz CT molecular complexity index is 1380. The second kappa shape index (κ2) is 10.1. The number of hydrazone groups is 1. The van der Waals surface area contributed by atoms with E-state index in [0.29, 0.717) is 33.4 Å². The van der Waals surface area contributed by atoms with Crippen LogP contribution in [0.3, 0.4) is 0 Å². The highest BCUT2D eigenvalue weighted by molar-refractivity contribution is 6.33. The second-order valence-electron chi connectivity index (χ2n) is 6.81. The molecule has 0 aliphatic rings. The highest BCUT2D eigenvalue weighted by Gasteiger charge is 2.26. The number of halogens is 1. The summed E-state index contributed by atoms with van der Waals surface area (Å²) in [5.41, 5.74) is 9.41. The average molecular weight is 499 g/mol. The van der Waals surface area contributed by atoms with Gasteiger partial charge in [0, 0.05) is 11.1 Å². The molecule has 0 aliphatic carbocycles. The molecule has 180 valence electrons. The smallest absolute Gasteiger partial charge is 0.294 e. The first-order valence-corrected chi connectivity index (χ1v) is 10.3. The van der Waals surface area contributed by atoms with Crippen molar-refractivity contribution in [1.82, 2.24) is 30.7 Å². The summed E-state index contributed by atoms with van der Waals surface area (Å²) >= 11 is 6.38. The van der Waals surface area contributed by atoms with Gasteiger partial charge in [0.2, 0.25) is 17.4 Å². The molecule has 0 spiro atoms. The van der Waals surface area contributed by atoms with Gasteiger partial charge in [0.1, 0.15) is 5.69 Å². The van der Waals surface area contributed by atoms with Crippen LogP contribution in [0.25, 0.3) is 17.1 Å². The third kappa shape index (κ3) is 4.56. The van der Waals surface area contributed by atoms with E-state index in [-0.39, 0.29) is 23.0 Å². The van der Waals surface area contributed by atoms with Gasteiger partial charge in [-0.15, -0.1) is 5.10 Å². The van der Waals surface area contributed by atoms with Crippen molar-refractivity contribution in [3.05, 3.63) is 52.7 Å². The Morgan fingerprint density at radius 1 is 1.14 bits per heavy atom. The molecule has 2 aromatic heterocycles. The van der Waals surface area contributed by atoms with Crippen molar-refractivity contribution >= 4 is 29.5 Å². The Kier molecular flexibility index (Phi) is 6.78. The van der Waals surface area contributed by atoms with Crippen LogP contribution in [0.4, 0.5) is 5.82 Å². The number of carbonyl (C=O) groups excluding carboxylic acids is 1. The van der Waals surface area contributed by atoms with Gasteiger partial charge in [0.05, 0.1) is 32.6 Å². The number of nitrogens with one attached hydrogen (secondary N) is 1. The molecular weight excluding hydrogens is 480 g/mol. The number of anilines is 1. The molecule has 1 amide bonds. The SMILES string of the molecule is COc1cc(C=NNC(=O)c2nnn(-c3nonc3N)c2-c2ccccc2Cl)cc(OC)c1OC. The minimum Gasteiger partial charge on any atom is -0.493 e. The van der Waals surface area contributed by atoms with E-state index in [1.165, 1.54) is 32.2 Å². The van der Waals surface area contributed by atoms with Crippen LogP contribution in [-0.4, -0.2) is 58.8 Å². The van der Waals surface area contributed by atoms with Crippen molar-refractivity contribution in [3.63, 3.8) is 0 Å². The molecule has 4 aromatic rings. The number of nitrogens with two attached hydrogens (primary N) is 1. The van der Waals surface area contributed by atoms with Gasteiger partial charge in [0.15, 0.2) is 17.2 Å². The summed E-state index contributed by atoms with van der Waals surface area (Å²) in [4.78, 5) is 13.0. The molecule has 0 aliphatic heterocycles. The molecule has 0 atom stereocenters. The average Bonchev–Trinajstić information content (AvgIpc) is 3.49. The van der Waals surface area contributed by atoms with Gasteiger partial charge in [-0.3, -0.25) is 4.79 Å². The van der Waals surface area contributed by atoms with Gasteiger partial charge in [-0.1, -0.05) is 35.0 Å². The number of nitrogen functional groups attached to an aromatic ring is 1. The zero-order valence-electron chi connectivity index (χ0n) is 18.7. The predicted octanol–water partition coefficient (Wildman–Crippen LogP) is 2.34. The fourth-order valence-electron chi connectivity index (χ4n) is 3.21. The number of methoxy groups -OCH3 is 3. The Balaban J connectivity index is 1.67. The number of hydrogen-bond donors (Lipinski definition) is 2. The molecule has 0 saturated heterocycles. The first-order valence-electron chi connectivity index (χ1n) is 9.90. The van der Waals surface area contributed by atoms with E-state index in [1.807, 2.05) is 0 Å². The van der Waals surface area contributed by atoms with Gasteiger partial charge < -0.3 is 19.9 Å². The van der Waals surface area contributed by atoms with Crippen LogP contribution in [-0.2, 0) is 0 Å². The van der Waals surface area contributed by atoms with E-state index in [4.69, 9.17) is 31.5 Å². The van der Waals surface area contributed by atoms with Crippen molar-refractivity contribution in [2.24, 2.45) is 5.10 Å². The summed E-state index contributed by atoms with van der Waals surface area (Å²) in [6.45, 7) is 0. The predicted molar refractivity (Wildman–Crippen MR) is 125 cm³/mol.